The molecule has 0 aliphatic heterocycles. The SMILES string of the molecule is NC(=S)c1ccc(OCc2ccc(Br)cn2)c(F)c1. The molecule has 0 saturated heterocycles. The summed E-state index contributed by atoms with van der Waals surface area (Å²) in [7, 11) is 0. The average molecular weight is 341 g/mol. The molecule has 0 radical (unpaired) electrons. The van der Waals surface area contributed by atoms with E-state index in [1.807, 2.05) is 6.07 Å². The highest BCUT2D eigenvalue weighted by molar-refractivity contribution is 9.10. The predicted molar refractivity (Wildman–Crippen MR) is 78.6 cm³/mol. The van der Waals surface area contributed by atoms with Gasteiger partial charge in [-0.05, 0) is 46.3 Å². The summed E-state index contributed by atoms with van der Waals surface area (Å²) < 4.78 is 19.9. The zero-order valence-electron chi connectivity index (χ0n) is 9.77. The van der Waals surface area contributed by atoms with Crippen LogP contribution in [-0.4, -0.2) is 9.97 Å². The fourth-order valence-electron chi connectivity index (χ4n) is 1.41. The van der Waals surface area contributed by atoms with Gasteiger partial charge in [0, 0.05) is 16.2 Å². The summed E-state index contributed by atoms with van der Waals surface area (Å²) in [6.45, 7) is 0.191. The van der Waals surface area contributed by atoms with Gasteiger partial charge >= 0.3 is 0 Å². The number of pyridine rings is 1. The van der Waals surface area contributed by atoms with Crippen molar-refractivity contribution >= 4 is 33.1 Å². The molecular weight excluding hydrogens is 331 g/mol. The van der Waals surface area contributed by atoms with E-state index in [0.29, 0.717) is 11.3 Å². The molecule has 98 valence electrons. The van der Waals surface area contributed by atoms with E-state index in [9.17, 15) is 4.39 Å². The lowest BCUT2D eigenvalue weighted by Crippen LogP contribution is -2.09. The van der Waals surface area contributed by atoms with Crippen LogP contribution in [-0.2, 0) is 6.61 Å². The summed E-state index contributed by atoms with van der Waals surface area (Å²) in [5, 5.41) is 0. The number of hydrogen-bond donors (Lipinski definition) is 1. The van der Waals surface area contributed by atoms with Crippen LogP contribution < -0.4 is 10.5 Å². The standard InChI is InChI=1S/C13H10BrFN2OS/c14-9-2-3-10(17-6-9)7-18-12-4-1-8(13(16)19)5-11(12)15/h1-6H,7H2,(H2,16,19). The molecule has 3 nitrogen and oxygen atoms in total. The van der Waals surface area contributed by atoms with Crippen LogP contribution in [0.4, 0.5) is 4.39 Å². The van der Waals surface area contributed by atoms with E-state index in [1.165, 1.54) is 12.1 Å². The Morgan fingerprint density at radius 3 is 2.74 bits per heavy atom. The number of halogens is 2. The fraction of sp³-hybridized carbons (Fsp3) is 0.0769. The van der Waals surface area contributed by atoms with E-state index in [-0.39, 0.29) is 17.3 Å². The highest BCUT2D eigenvalue weighted by atomic mass is 79.9. The summed E-state index contributed by atoms with van der Waals surface area (Å²) in [5.74, 6) is -0.355. The van der Waals surface area contributed by atoms with Gasteiger partial charge in [0.05, 0.1) is 5.69 Å². The van der Waals surface area contributed by atoms with Crippen LogP contribution in [0.3, 0.4) is 0 Å². The van der Waals surface area contributed by atoms with Crippen molar-refractivity contribution in [1.29, 1.82) is 0 Å². The summed E-state index contributed by atoms with van der Waals surface area (Å²) in [4.78, 5) is 4.29. The van der Waals surface area contributed by atoms with Crippen molar-refractivity contribution in [1.82, 2.24) is 4.98 Å². The maximum Gasteiger partial charge on any atom is 0.165 e. The Bertz CT molecular complexity index is 604. The molecule has 0 atom stereocenters. The number of rotatable bonds is 4. The zero-order chi connectivity index (χ0) is 13.8. The monoisotopic (exact) mass is 340 g/mol. The lowest BCUT2D eigenvalue weighted by molar-refractivity contribution is 0.286. The van der Waals surface area contributed by atoms with Crippen LogP contribution in [0.2, 0.25) is 0 Å². The number of nitrogens with two attached hydrogens (primary N) is 1. The van der Waals surface area contributed by atoms with Gasteiger partial charge in [0.1, 0.15) is 11.6 Å². The summed E-state index contributed by atoms with van der Waals surface area (Å²) in [6, 6.07) is 8.02. The van der Waals surface area contributed by atoms with Crippen molar-refractivity contribution in [3.63, 3.8) is 0 Å². The smallest absolute Gasteiger partial charge is 0.165 e. The molecule has 0 aliphatic rings. The van der Waals surface area contributed by atoms with Crippen molar-refractivity contribution in [3.8, 4) is 5.75 Å². The Hall–Kier alpha value is -1.53. The minimum Gasteiger partial charge on any atom is -0.484 e. The Balaban J connectivity index is 2.07. The Kier molecular flexibility index (Phi) is 4.44. The van der Waals surface area contributed by atoms with Crippen LogP contribution in [0.15, 0.2) is 41.0 Å². The molecule has 19 heavy (non-hydrogen) atoms. The first-order valence-corrected chi connectivity index (χ1v) is 6.59. The Labute approximate surface area is 123 Å². The van der Waals surface area contributed by atoms with Gasteiger partial charge in [0.25, 0.3) is 0 Å². The van der Waals surface area contributed by atoms with Gasteiger partial charge in [-0.15, -0.1) is 0 Å². The number of thiocarbonyl (C=S) groups is 1. The lowest BCUT2D eigenvalue weighted by atomic mass is 10.2. The number of benzene rings is 1. The molecule has 1 aromatic carbocycles. The fourth-order valence-corrected chi connectivity index (χ4v) is 1.78. The topological polar surface area (TPSA) is 48.1 Å². The number of nitrogens with zero attached hydrogens (tertiary/aromatic N) is 1. The molecule has 0 saturated carbocycles. The van der Waals surface area contributed by atoms with Gasteiger partial charge in [-0.1, -0.05) is 12.2 Å². The molecule has 1 heterocycles. The first-order valence-electron chi connectivity index (χ1n) is 5.39. The number of ether oxygens (including phenoxy) is 1. The molecule has 2 N–H and O–H groups in total. The Morgan fingerprint density at radius 1 is 1.37 bits per heavy atom. The van der Waals surface area contributed by atoms with Crippen molar-refractivity contribution in [2.75, 3.05) is 0 Å². The van der Waals surface area contributed by atoms with E-state index in [4.69, 9.17) is 22.7 Å². The third-order valence-corrected chi connectivity index (χ3v) is 3.09. The van der Waals surface area contributed by atoms with Gasteiger partial charge in [0.2, 0.25) is 0 Å². The molecule has 0 spiro atoms. The third kappa shape index (κ3) is 3.71. The molecule has 0 unspecified atom stereocenters. The predicted octanol–water partition coefficient (Wildman–Crippen LogP) is 3.20. The van der Waals surface area contributed by atoms with Crippen LogP contribution in [0.5, 0.6) is 5.75 Å². The highest BCUT2D eigenvalue weighted by Gasteiger charge is 2.07. The molecular formula is C13H10BrFN2OS. The van der Waals surface area contributed by atoms with Crippen LogP contribution in [0.1, 0.15) is 11.3 Å². The molecule has 1 aromatic heterocycles. The van der Waals surface area contributed by atoms with Gasteiger partial charge in [-0.2, -0.15) is 0 Å². The largest absolute Gasteiger partial charge is 0.484 e. The van der Waals surface area contributed by atoms with E-state index < -0.39 is 5.82 Å². The van der Waals surface area contributed by atoms with Crippen molar-refractivity contribution in [2.45, 2.75) is 6.61 Å². The summed E-state index contributed by atoms with van der Waals surface area (Å²) in [5.41, 5.74) is 6.60. The second-order valence-corrected chi connectivity index (χ2v) is 5.12. The third-order valence-electron chi connectivity index (χ3n) is 2.38. The van der Waals surface area contributed by atoms with Crippen molar-refractivity contribution in [2.24, 2.45) is 5.73 Å². The van der Waals surface area contributed by atoms with E-state index in [1.54, 1.807) is 18.3 Å². The molecule has 0 bridgehead atoms. The number of hydrogen-bond acceptors (Lipinski definition) is 3. The molecule has 0 fully saturated rings. The van der Waals surface area contributed by atoms with E-state index in [0.717, 1.165) is 4.47 Å². The molecule has 0 amide bonds. The normalized spacial score (nSPS) is 10.2. The Morgan fingerprint density at radius 2 is 2.16 bits per heavy atom. The highest BCUT2D eigenvalue weighted by Crippen LogP contribution is 2.19. The first kappa shape index (κ1) is 13.9. The summed E-state index contributed by atoms with van der Waals surface area (Å²) >= 11 is 8.06. The second kappa shape index (κ2) is 6.08. The quantitative estimate of drug-likeness (QED) is 0.868. The average Bonchev–Trinajstić information content (AvgIpc) is 2.39. The van der Waals surface area contributed by atoms with Gasteiger partial charge in [-0.25, -0.2) is 4.39 Å². The minimum atomic E-state index is -0.498. The van der Waals surface area contributed by atoms with Crippen LogP contribution in [0, 0.1) is 5.82 Å². The minimum absolute atomic E-state index is 0.143. The van der Waals surface area contributed by atoms with Crippen molar-refractivity contribution < 1.29 is 9.13 Å². The molecule has 2 aromatic rings. The molecule has 2 rings (SSSR count). The maximum atomic E-state index is 13.7. The van der Waals surface area contributed by atoms with Gasteiger partial charge < -0.3 is 10.5 Å². The van der Waals surface area contributed by atoms with E-state index >= 15 is 0 Å². The van der Waals surface area contributed by atoms with Gasteiger partial charge in [0.15, 0.2) is 11.6 Å². The van der Waals surface area contributed by atoms with Gasteiger partial charge in [-0.3, -0.25) is 4.98 Å². The zero-order valence-corrected chi connectivity index (χ0v) is 12.2. The van der Waals surface area contributed by atoms with Crippen molar-refractivity contribution in [3.05, 3.63) is 58.1 Å². The number of aromatic nitrogens is 1. The first-order chi connectivity index (χ1) is 9.06. The van der Waals surface area contributed by atoms with E-state index in [2.05, 4.69) is 20.9 Å². The molecule has 6 heteroatoms. The maximum absolute atomic E-state index is 13.7. The van der Waals surface area contributed by atoms with Crippen LogP contribution in [0.25, 0.3) is 0 Å². The summed E-state index contributed by atoms with van der Waals surface area (Å²) in [6.07, 6.45) is 1.66. The van der Waals surface area contributed by atoms with Crippen LogP contribution >= 0.6 is 28.1 Å². The second-order valence-electron chi connectivity index (χ2n) is 3.77. The molecule has 0 aliphatic carbocycles. The lowest BCUT2D eigenvalue weighted by Gasteiger charge is -2.08.